The molecule has 3 N–H and O–H groups in total. The van der Waals surface area contributed by atoms with Crippen LogP contribution in [0.3, 0.4) is 0 Å². The maximum atomic E-state index is 12.9. The lowest BCUT2D eigenvalue weighted by molar-refractivity contribution is -0.137. The number of carbonyl (C=O) groups is 2. The van der Waals surface area contributed by atoms with Crippen LogP contribution in [-0.4, -0.2) is 29.4 Å². The molecule has 1 saturated heterocycles. The van der Waals surface area contributed by atoms with Gasteiger partial charge in [-0.25, -0.2) is 0 Å². The Morgan fingerprint density at radius 3 is 2.37 bits per heavy atom. The molecule has 1 aromatic carbocycles. The highest BCUT2D eigenvalue weighted by molar-refractivity contribution is 5.89. The molecule has 1 atom stereocenters. The Hall–Kier alpha value is -2.77. The van der Waals surface area contributed by atoms with Crippen LogP contribution in [0.2, 0.25) is 0 Å². The zero-order valence-corrected chi connectivity index (χ0v) is 17.2. The predicted octanol–water partition coefficient (Wildman–Crippen LogP) is 3.94. The number of hydrogen-bond acceptors (Lipinski definition) is 2. The summed E-state index contributed by atoms with van der Waals surface area (Å²) >= 11 is 0. The van der Waals surface area contributed by atoms with E-state index >= 15 is 0 Å². The van der Waals surface area contributed by atoms with Gasteiger partial charge in [-0.15, -0.1) is 0 Å². The van der Waals surface area contributed by atoms with Crippen LogP contribution in [0.15, 0.2) is 30.3 Å². The van der Waals surface area contributed by atoms with E-state index in [9.17, 15) is 22.8 Å². The number of H-pyrrole nitrogens is 1. The zero-order valence-electron chi connectivity index (χ0n) is 17.2. The summed E-state index contributed by atoms with van der Waals surface area (Å²) in [6.07, 6.45) is -3.24. The lowest BCUT2D eigenvalue weighted by atomic mass is 9.92. The average Bonchev–Trinajstić information content (AvgIpc) is 3.26. The number of nitrogens with one attached hydrogen (secondary N) is 3. The second-order valence-electron chi connectivity index (χ2n) is 8.61. The van der Waals surface area contributed by atoms with Crippen molar-refractivity contribution in [1.29, 1.82) is 0 Å². The van der Waals surface area contributed by atoms with Crippen LogP contribution in [0, 0.1) is 0 Å². The molecule has 8 heteroatoms. The topological polar surface area (TPSA) is 74.0 Å². The van der Waals surface area contributed by atoms with Crippen LogP contribution < -0.4 is 10.6 Å². The minimum absolute atomic E-state index is 0.176. The molecule has 2 aromatic rings. The molecule has 3 rings (SSSR count). The van der Waals surface area contributed by atoms with Crippen molar-refractivity contribution in [2.45, 2.75) is 57.7 Å². The number of alkyl halides is 3. The second-order valence-corrected chi connectivity index (χ2v) is 8.61. The average molecular weight is 421 g/mol. The summed E-state index contributed by atoms with van der Waals surface area (Å²) in [4.78, 5) is 27.2. The molecule has 162 valence electrons. The minimum Gasteiger partial charge on any atom is -0.358 e. The van der Waals surface area contributed by atoms with Crippen molar-refractivity contribution >= 4 is 11.8 Å². The highest BCUT2D eigenvalue weighted by atomic mass is 19.4. The van der Waals surface area contributed by atoms with Crippen LogP contribution in [0.1, 0.15) is 50.4 Å². The number of rotatable bonds is 5. The van der Waals surface area contributed by atoms with Crippen molar-refractivity contribution in [1.82, 2.24) is 15.6 Å². The Labute approximate surface area is 173 Å². The predicted molar refractivity (Wildman–Crippen MR) is 108 cm³/mol. The number of halogens is 3. The van der Waals surface area contributed by atoms with Crippen molar-refractivity contribution in [2.24, 2.45) is 0 Å². The van der Waals surface area contributed by atoms with Crippen LogP contribution >= 0.6 is 0 Å². The molecule has 30 heavy (non-hydrogen) atoms. The maximum absolute atomic E-state index is 12.9. The SMILES string of the molecule is CC(C)(C)c1cc(CCC(=O)NC2CCNC2=O)c(-c2ccc(C(F)(F)F)cc2)[nH]1. The third-order valence-corrected chi connectivity index (χ3v) is 5.21. The Kier molecular flexibility index (Phi) is 5.97. The monoisotopic (exact) mass is 421 g/mol. The molecular formula is C22H26F3N3O2. The van der Waals surface area contributed by atoms with E-state index in [-0.39, 0.29) is 23.7 Å². The first-order valence-electron chi connectivity index (χ1n) is 9.92. The van der Waals surface area contributed by atoms with Crippen molar-refractivity contribution in [3.8, 4) is 11.3 Å². The first-order chi connectivity index (χ1) is 13.9. The molecule has 1 aromatic heterocycles. The van der Waals surface area contributed by atoms with Gasteiger partial charge in [-0.3, -0.25) is 9.59 Å². The zero-order chi connectivity index (χ0) is 22.1. The van der Waals surface area contributed by atoms with Gasteiger partial charge in [0.25, 0.3) is 0 Å². The summed E-state index contributed by atoms with van der Waals surface area (Å²) in [6.45, 7) is 6.65. The van der Waals surface area contributed by atoms with Gasteiger partial charge in [-0.2, -0.15) is 13.2 Å². The van der Waals surface area contributed by atoms with Gasteiger partial charge < -0.3 is 15.6 Å². The second kappa shape index (κ2) is 8.16. The van der Waals surface area contributed by atoms with Crippen LogP contribution in [0.4, 0.5) is 13.2 Å². The van der Waals surface area contributed by atoms with Gasteiger partial charge in [0.2, 0.25) is 11.8 Å². The quantitative estimate of drug-likeness (QED) is 0.684. The van der Waals surface area contributed by atoms with Gasteiger partial charge in [0.1, 0.15) is 6.04 Å². The Morgan fingerprint density at radius 1 is 1.17 bits per heavy atom. The summed E-state index contributed by atoms with van der Waals surface area (Å²) < 4.78 is 38.7. The maximum Gasteiger partial charge on any atom is 0.416 e. The standard InChI is InChI=1S/C22H26F3N3O2/c1-21(2,3)17-12-14(6-9-18(29)27-16-10-11-26-20(16)30)19(28-17)13-4-7-15(8-5-13)22(23,24)25/h4-5,7-8,12,16,28H,6,9-11H2,1-3H3,(H,26,30)(H,27,29). The number of benzene rings is 1. The molecule has 5 nitrogen and oxygen atoms in total. The molecule has 0 spiro atoms. The molecule has 0 bridgehead atoms. The molecule has 1 unspecified atom stereocenters. The highest BCUT2D eigenvalue weighted by Crippen LogP contribution is 2.34. The van der Waals surface area contributed by atoms with E-state index in [0.717, 1.165) is 23.4 Å². The number of hydrogen-bond donors (Lipinski definition) is 3. The van der Waals surface area contributed by atoms with E-state index in [1.807, 2.05) is 26.8 Å². The van der Waals surface area contributed by atoms with Crippen LogP contribution in [-0.2, 0) is 27.6 Å². The van der Waals surface area contributed by atoms with Gasteiger partial charge in [0, 0.05) is 29.8 Å². The van der Waals surface area contributed by atoms with Crippen molar-refractivity contribution < 1.29 is 22.8 Å². The largest absolute Gasteiger partial charge is 0.416 e. The van der Waals surface area contributed by atoms with E-state index < -0.39 is 17.8 Å². The molecule has 2 amide bonds. The molecule has 1 fully saturated rings. The Balaban J connectivity index is 1.80. The third-order valence-electron chi connectivity index (χ3n) is 5.21. The van der Waals surface area contributed by atoms with Gasteiger partial charge in [0.05, 0.1) is 5.56 Å². The highest BCUT2D eigenvalue weighted by Gasteiger charge is 2.30. The molecule has 0 aliphatic carbocycles. The molecule has 0 saturated carbocycles. The number of aryl methyl sites for hydroxylation is 1. The molecule has 1 aliphatic rings. The molecule has 0 radical (unpaired) electrons. The summed E-state index contributed by atoms with van der Waals surface area (Å²) in [6, 6.07) is 6.46. The van der Waals surface area contributed by atoms with Crippen LogP contribution in [0.25, 0.3) is 11.3 Å². The lowest BCUT2D eigenvalue weighted by Gasteiger charge is -2.16. The van der Waals surface area contributed by atoms with Gasteiger partial charge in [-0.05, 0) is 42.2 Å². The normalized spacial score (nSPS) is 17.1. The smallest absolute Gasteiger partial charge is 0.358 e. The number of carbonyl (C=O) groups excluding carboxylic acids is 2. The van der Waals surface area contributed by atoms with Crippen molar-refractivity contribution in [3.05, 3.63) is 47.2 Å². The van der Waals surface area contributed by atoms with Gasteiger partial charge in [-0.1, -0.05) is 32.9 Å². The van der Waals surface area contributed by atoms with E-state index in [0.29, 0.717) is 30.6 Å². The van der Waals surface area contributed by atoms with Crippen LogP contribution in [0.5, 0.6) is 0 Å². The summed E-state index contributed by atoms with van der Waals surface area (Å²) in [5, 5.41) is 5.41. The first kappa shape index (κ1) is 21.9. The van der Waals surface area contributed by atoms with E-state index in [4.69, 9.17) is 0 Å². The van der Waals surface area contributed by atoms with E-state index in [1.165, 1.54) is 12.1 Å². The first-order valence-corrected chi connectivity index (χ1v) is 9.92. The fraction of sp³-hybridized carbons (Fsp3) is 0.455. The van der Waals surface area contributed by atoms with Gasteiger partial charge in [0.15, 0.2) is 0 Å². The fourth-order valence-corrected chi connectivity index (χ4v) is 3.43. The summed E-state index contributed by atoms with van der Waals surface area (Å²) in [5.74, 6) is -0.403. The third kappa shape index (κ3) is 5.04. The molecular weight excluding hydrogens is 395 g/mol. The number of aromatic nitrogens is 1. The van der Waals surface area contributed by atoms with Gasteiger partial charge >= 0.3 is 6.18 Å². The number of aromatic amines is 1. The Morgan fingerprint density at radius 2 is 1.83 bits per heavy atom. The fourth-order valence-electron chi connectivity index (χ4n) is 3.43. The Bertz CT molecular complexity index is 925. The van der Waals surface area contributed by atoms with E-state index in [1.54, 1.807) is 0 Å². The number of amides is 2. The van der Waals surface area contributed by atoms with E-state index in [2.05, 4.69) is 15.6 Å². The lowest BCUT2D eigenvalue weighted by Crippen LogP contribution is -2.40. The molecule has 2 heterocycles. The van der Waals surface area contributed by atoms with Crippen molar-refractivity contribution in [2.75, 3.05) is 6.54 Å². The summed E-state index contributed by atoms with van der Waals surface area (Å²) in [7, 11) is 0. The summed E-state index contributed by atoms with van der Waals surface area (Å²) in [5.41, 5.74) is 2.23. The van der Waals surface area contributed by atoms with Crippen molar-refractivity contribution in [3.63, 3.8) is 0 Å². The minimum atomic E-state index is -4.39. The molecule has 1 aliphatic heterocycles.